The smallest absolute Gasteiger partial charge is 0.184 e. The van der Waals surface area contributed by atoms with Crippen molar-refractivity contribution < 1.29 is 4.43 Å². The third-order valence-electron chi connectivity index (χ3n) is 2.40. The molecule has 0 bridgehead atoms. The Morgan fingerprint density at radius 1 is 1.25 bits per heavy atom. The van der Waals surface area contributed by atoms with Gasteiger partial charge < -0.3 is 4.43 Å². The van der Waals surface area contributed by atoms with E-state index in [9.17, 15) is 0 Å². The SMILES string of the molecule is CC(C)=CCC[C@](C)(CCCl)O[Si](C)(C)C. The Bertz CT molecular complexity index is 229. The molecule has 0 radical (unpaired) electrons. The Morgan fingerprint density at radius 2 is 1.81 bits per heavy atom. The van der Waals surface area contributed by atoms with Gasteiger partial charge >= 0.3 is 0 Å². The minimum atomic E-state index is -1.49. The molecule has 0 fully saturated rings. The van der Waals surface area contributed by atoms with Gasteiger partial charge in [-0.25, -0.2) is 0 Å². The van der Waals surface area contributed by atoms with Gasteiger partial charge in [-0.2, -0.15) is 0 Å². The van der Waals surface area contributed by atoms with Crippen molar-refractivity contribution in [2.75, 3.05) is 5.88 Å². The average Bonchev–Trinajstić information content (AvgIpc) is 1.98. The van der Waals surface area contributed by atoms with Crippen molar-refractivity contribution in [3.63, 3.8) is 0 Å². The van der Waals surface area contributed by atoms with E-state index in [0.29, 0.717) is 5.88 Å². The summed E-state index contributed by atoms with van der Waals surface area (Å²) >= 11 is 5.88. The normalized spacial score (nSPS) is 15.7. The van der Waals surface area contributed by atoms with Gasteiger partial charge in [0, 0.05) is 5.88 Å². The van der Waals surface area contributed by atoms with E-state index in [1.165, 1.54) is 5.57 Å². The highest BCUT2D eigenvalue weighted by molar-refractivity contribution is 6.69. The van der Waals surface area contributed by atoms with Crippen LogP contribution in [-0.4, -0.2) is 19.8 Å². The van der Waals surface area contributed by atoms with Gasteiger partial charge in [0.25, 0.3) is 0 Å². The predicted molar refractivity (Wildman–Crippen MR) is 76.8 cm³/mol. The maximum Gasteiger partial charge on any atom is 0.184 e. The fraction of sp³-hybridized carbons (Fsp3) is 0.846. The molecule has 96 valence electrons. The molecular formula is C13H27ClOSi. The molecule has 0 saturated heterocycles. The molecule has 0 heterocycles. The summed E-state index contributed by atoms with van der Waals surface area (Å²) < 4.78 is 6.27. The number of hydrogen-bond donors (Lipinski definition) is 0. The quantitative estimate of drug-likeness (QED) is 0.358. The zero-order valence-corrected chi connectivity index (χ0v) is 13.4. The van der Waals surface area contributed by atoms with Crippen LogP contribution in [0.5, 0.6) is 0 Å². The van der Waals surface area contributed by atoms with E-state index in [1.54, 1.807) is 0 Å². The number of halogens is 1. The van der Waals surface area contributed by atoms with Crippen LogP contribution in [0.15, 0.2) is 11.6 Å². The Morgan fingerprint density at radius 3 is 2.19 bits per heavy atom. The lowest BCUT2D eigenvalue weighted by atomic mass is 9.96. The fourth-order valence-electron chi connectivity index (χ4n) is 1.83. The topological polar surface area (TPSA) is 9.23 Å². The summed E-state index contributed by atoms with van der Waals surface area (Å²) in [7, 11) is -1.49. The lowest BCUT2D eigenvalue weighted by Crippen LogP contribution is -2.40. The molecule has 1 nitrogen and oxygen atoms in total. The van der Waals surface area contributed by atoms with Crippen LogP contribution < -0.4 is 0 Å². The number of allylic oxidation sites excluding steroid dienone is 2. The van der Waals surface area contributed by atoms with Gasteiger partial charge in [0.05, 0.1) is 5.60 Å². The van der Waals surface area contributed by atoms with E-state index in [1.807, 2.05) is 0 Å². The maximum absolute atomic E-state index is 6.27. The number of hydrogen-bond acceptors (Lipinski definition) is 1. The van der Waals surface area contributed by atoms with Crippen LogP contribution in [0.25, 0.3) is 0 Å². The highest BCUT2D eigenvalue weighted by atomic mass is 35.5. The highest BCUT2D eigenvalue weighted by Gasteiger charge is 2.30. The number of alkyl halides is 1. The van der Waals surface area contributed by atoms with Gasteiger partial charge in [-0.15, -0.1) is 11.6 Å². The molecule has 0 amide bonds. The minimum absolute atomic E-state index is 0.0435. The minimum Gasteiger partial charge on any atom is -0.412 e. The standard InChI is InChI=1S/C13H27ClOSi/c1-12(2)8-7-9-13(3,10-11-14)15-16(4,5)6/h8H,7,9-11H2,1-6H3/t13-/m1/s1. The summed E-state index contributed by atoms with van der Waals surface area (Å²) in [4.78, 5) is 0. The van der Waals surface area contributed by atoms with Gasteiger partial charge in [-0.1, -0.05) is 11.6 Å². The zero-order valence-electron chi connectivity index (χ0n) is 11.7. The molecule has 0 saturated carbocycles. The van der Waals surface area contributed by atoms with Gasteiger partial charge in [0.1, 0.15) is 0 Å². The van der Waals surface area contributed by atoms with Crippen LogP contribution >= 0.6 is 11.6 Å². The molecule has 0 aromatic heterocycles. The Labute approximate surface area is 107 Å². The van der Waals surface area contributed by atoms with Gasteiger partial charge in [-0.3, -0.25) is 0 Å². The van der Waals surface area contributed by atoms with Crippen molar-refractivity contribution in [1.29, 1.82) is 0 Å². The maximum atomic E-state index is 6.27. The first-order valence-corrected chi connectivity index (χ1v) is 10.0. The van der Waals surface area contributed by atoms with Gasteiger partial charge in [0.2, 0.25) is 0 Å². The fourth-order valence-corrected chi connectivity index (χ4v) is 3.91. The largest absolute Gasteiger partial charge is 0.412 e. The average molecular weight is 263 g/mol. The summed E-state index contributed by atoms with van der Waals surface area (Å²) in [5, 5.41) is 0. The van der Waals surface area contributed by atoms with Crippen molar-refractivity contribution >= 4 is 19.9 Å². The molecule has 16 heavy (non-hydrogen) atoms. The molecule has 1 atom stereocenters. The molecule has 0 spiro atoms. The molecule has 0 aliphatic rings. The molecule has 0 aromatic rings. The summed E-state index contributed by atoms with van der Waals surface area (Å²) in [6, 6.07) is 0. The highest BCUT2D eigenvalue weighted by Crippen LogP contribution is 2.27. The lowest BCUT2D eigenvalue weighted by molar-refractivity contribution is 0.0688. The van der Waals surface area contributed by atoms with Crippen LogP contribution in [0.1, 0.15) is 40.0 Å². The van der Waals surface area contributed by atoms with E-state index in [-0.39, 0.29) is 5.60 Å². The van der Waals surface area contributed by atoms with Crippen LogP contribution in [0.2, 0.25) is 19.6 Å². The van der Waals surface area contributed by atoms with Gasteiger partial charge in [-0.05, 0) is 59.7 Å². The lowest BCUT2D eigenvalue weighted by Gasteiger charge is -2.36. The molecule has 0 N–H and O–H groups in total. The third-order valence-corrected chi connectivity index (χ3v) is 3.70. The first kappa shape index (κ1) is 16.2. The van der Waals surface area contributed by atoms with Crippen molar-refractivity contribution in [2.24, 2.45) is 0 Å². The first-order valence-electron chi connectivity index (χ1n) is 6.08. The molecule has 0 rings (SSSR count). The Balaban J connectivity index is 4.38. The van der Waals surface area contributed by atoms with E-state index >= 15 is 0 Å². The predicted octanol–water partition coefficient (Wildman–Crippen LogP) is 4.97. The zero-order chi connectivity index (χ0) is 12.8. The van der Waals surface area contributed by atoms with E-state index in [0.717, 1.165) is 19.3 Å². The summed E-state index contributed by atoms with van der Waals surface area (Å²) in [6.07, 6.45) is 5.37. The molecular weight excluding hydrogens is 236 g/mol. The third kappa shape index (κ3) is 8.37. The Kier molecular flexibility index (Phi) is 6.91. The van der Waals surface area contributed by atoms with E-state index in [4.69, 9.17) is 16.0 Å². The van der Waals surface area contributed by atoms with Crippen molar-refractivity contribution in [3.05, 3.63) is 11.6 Å². The number of rotatable bonds is 7. The molecule has 3 heteroatoms. The summed E-state index contributed by atoms with van der Waals surface area (Å²) in [6.45, 7) is 13.2. The molecule has 0 unspecified atom stereocenters. The summed E-state index contributed by atoms with van der Waals surface area (Å²) in [5.74, 6) is 0.676. The first-order chi connectivity index (χ1) is 7.18. The van der Waals surface area contributed by atoms with Crippen LogP contribution in [0.3, 0.4) is 0 Å². The van der Waals surface area contributed by atoms with Gasteiger partial charge in [0.15, 0.2) is 8.32 Å². The second kappa shape index (κ2) is 6.82. The molecule has 0 aliphatic carbocycles. The van der Waals surface area contributed by atoms with E-state index < -0.39 is 8.32 Å². The second-order valence-electron chi connectivity index (χ2n) is 5.92. The molecule has 0 aliphatic heterocycles. The molecule has 0 aromatic carbocycles. The van der Waals surface area contributed by atoms with Crippen LogP contribution in [-0.2, 0) is 4.43 Å². The van der Waals surface area contributed by atoms with E-state index in [2.05, 4.69) is 46.5 Å². The Hall–Kier alpha value is 0.207. The monoisotopic (exact) mass is 262 g/mol. The second-order valence-corrected chi connectivity index (χ2v) is 10.7. The van der Waals surface area contributed by atoms with Crippen LogP contribution in [0, 0.1) is 0 Å². The van der Waals surface area contributed by atoms with Crippen molar-refractivity contribution in [3.8, 4) is 0 Å². The van der Waals surface area contributed by atoms with Crippen molar-refractivity contribution in [1.82, 2.24) is 0 Å². The van der Waals surface area contributed by atoms with Crippen molar-refractivity contribution in [2.45, 2.75) is 65.3 Å². The summed E-state index contributed by atoms with van der Waals surface area (Å²) in [5.41, 5.74) is 1.33. The van der Waals surface area contributed by atoms with Crippen LogP contribution in [0.4, 0.5) is 0 Å².